The summed E-state index contributed by atoms with van der Waals surface area (Å²) < 4.78 is 28.2. The fraction of sp³-hybridized carbons (Fsp3) is 0.780. The molecule has 1 aromatic heterocycles. The maximum Gasteiger partial charge on any atom is 0.472 e. The lowest BCUT2D eigenvalue weighted by Crippen LogP contribution is -2.45. The molecule has 326 valence electrons. The van der Waals surface area contributed by atoms with Crippen molar-refractivity contribution in [3.05, 3.63) is 34.4 Å². The van der Waals surface area contributed by atoms with Crippen LogP contribution in [0.4, 0.5) is 11.4 Å². The Bertz CT molecular complexity index is 1470. The number of aromatic nitrogens is 2. The van der Waals surface area contributed by atoms with Crippen LogP contribution in [0.15, 0.2) is 28.9 Å². The fourth-order valence-electron chi connectivity index (χ4n) is 6.46. The van der Waals surface area contributed by atoms with Gasteiger partial charge in [0.2, 0.25) is 11.4 Å². The van der Waals surface area contributed by atoms with Crippen LogP contribution in [-0.2, 0) is 18.4 Å². The second-order valence-corrected chi connectivity index (χ2v) is 17.7. The Morgan fingerprint density at radius 1 is 0.877 bits per heavy atom. The average molecular weight is 826 g/mol. The van der Waals surface area contributed by atoms with E-state index in [1.165, 1.54) is 63.9 Å². The lowest BCUT2D eigenvalue weighted by molar-refractivity contribution is -0.870. The number of aliphatic hydroxyl groups excluding tert-OH is 1. The molecule has 0 aliphatic carbocycles. The Hall–Kier alpha value is -2.94. The number of phosphoric ester groups is 1. The monoisotopic (exact) mass is 826 g/mol. The molecule has 0 saturated heterocycles. The number of nitro groups is 1. The summed E-state index contributed by atoms with van der Waals surface area (Å²) in [4.78, 5) is 33.8. The molecule has 0 aliphatic rings. The Kier molecular flexibility index (Phi) is 25.8. The summed E-state index contributed by atoms with van der Waals surface area (Å²) in [5.74, 6) is -0.233. The fourth-order valence-corrected chi connectivity index (χ4v) is 7.19. The highest BCUT2D eigenvalue weighted by Crippen LogP contribution is 2.43. The molecule has 0 aliphatic heterocycles. The summed E-state index contributed by atoms with van der Waals surface area (Å²) in [7, 11) is 1.47. The Morgan fingerprint density at radius 2 is 1.44 bits per heavy atom. The van der Waals surface area contributed by atoms with Crippen molar-refractivity contribution in [3.8, 4) is 0 Å². The van der Waals surface area contributed by atoms with Crippen molar-refractivity contribution in [2.75, 3.05) is 52.8 Å². The van der Waals surface area contributed by atoms with Crippen molar-refractivity contribution in [1.82, 2.24) is 15.6 Å². The lowest BCUT2D eigenvalue weighted by Gasteiger charge is -2.25. The minimum Gasteiger partial charge on any atom is -0.387 e. The normalized spacial score (nSPS) is 14.2. The van der Waals surface area contributed by atoms with E-state index in [1.807, 2.05) is 27.2 Å². The van der Waals surface area contributed by atoms with Gasteiger partial charge in [0.15, 0.2) is 5.52 Å². The highest BCUT2D eigenvalue weighted by atomic mass is 31.2. The summed E-state index contributed by atoms with van der Waals surface area (Å²) in [5.41, 5.74) is 1.03. The first-order chi connectivity index (χ1) is 27.3. The van der Waals surface area contributed by atoms with Gasteiger partial charge >= 0.3 is 13.5 Å². The first-order valence-electron chi connectivity index (χ1n) is 21.5. The van der Waals surface area contributed by atoms with Gasteiger partial charge in [-0.3, -0.25) is 24.0 Å². The second-order valence-electron chi connectivity index (χ2n) is 16.2. The molecule has 16 heteroatoms. The van der Waals surface area contributed by atoms with Gasteiger partial charge in [0.25, 0.3) is 0 Å². The van der Waals surface area contributed by atoms with E-state index in [0.717, 1.165) is 70.6 Å². The summed E-state index contributed by atoms with van der Waals surface area (Å²) in [6.07, 6.45) is 26.6. The lowest BCUT2D eigenvalue weighted by atomic mass is 10.0. The van der Waals surface area contributed by atoms with E-state index >= 15 is 0 Å². The third-order valence-corrected chi connectivity index (χ3v) is 11.0. The molecule has 1 aromatic carbocycles. The minimum absolute atomic E-state index is 0.0334. The number of non-ortho nitro benzene ring substituents is 1. The number of carbonyl (C=O) groups excluding carboxylic acids is 1. The molecule has 57 heavy (non-hydrogen) atoms. The van der Waals surface area contributed by atoms with Gasteiger partial charge in [0.1, 0.15) is 13.2 Å². The zero-order chi connectivity index (χ0) is 41.8. The number of anilines is 1. The molecule has 0 fully saturated rings. The average Bonchev–Trinajstić information content (AvgIpc) is 3.65. The quantitative estimate of drug-likeness (QED) is 0.0127. The van der Waals surface area contributed by atoms with E-state index in [0.29, 0.717) is 41.6 Å². The van der Waals surface area contributed by atoms with Crippen LogP contribution in [0.3, 0.4) is 0 Å². The number of allylic oxidation sites excluding steroid dienone is 1. The Morgan fingerprint density at radius 3 is 2.04 bits per heavy atom. The molecule has 4 N–H and O–H groups in total. The van der Waals surface area contributed by atoms with Crippen LogP contribution >= 0.6 is 7.82 Å². The molecule has 1 amide bonds. The summed E-state index contributed by atoms with van der Waals surface area (Å²) >= 11 is 0. The van der Waals surface area contributed by atoms with Gasteiger partial charge in [-0.05, 0) is 42.1 Å². The molecular formula is C41H74N6O9P+. The molecule has 2 aromatic rings. The Labute approximate surface area is 341 Å². The van der Waals surface area contributed by atoms with Crippen LogP contribution in [0.5, 0.6) is 0 Å². The third kappa shape index (κ3) is 23.9. The number of amides is 1. The molecule has 1 heterocycles. The number of carbonyl (C=O) groups is 1. The van der Waals surface area contributed by atoms with Gasteiger partial charge in [-0.1, -0.05) is 128 Å². The van der Waals surface area contributed by atoms with E-state index in [9.17, 15) is 29.5 Å². The van der Waals surface area contributed by atoms with Crippen molar-refractivity contribution in [1.29, 1.82) is 0 Å². The first-order valence-corrected chi connectivity index (χ1v) is 23.0. The maximum atomic E-state index is 12.9. The number of aliphatic hydroxyl groups is 1. The summed E-state index contributed by atoms with van der Waals surface area (Å²) in [5, 5.41) is 35.7. The van der Waals surface area contributed by atoms with Crippen molar-refractivity contribution in [2.24, 2.45) is 0 Å². The van der Waals surface area contributed by atoms with Gasteiger partial charge in [-0.2, -0.15) is 0 Å². The number of hydrogen-bond donors (Lipinski definition) is 4. The number of likely N-dealkylation sites (N-methyl/N-ethyl adjacent to an activating group) is 1. The number of rotatable bonds is 36. The highest BCUT2D eigenvalue weighted by molar-refractivity contribution is 7.47. The summed E-state index contributed by atoms with van der Waals surface area (Å²) in [6.45, 7) is 3.14. The molecule has 0 saturated carbocycles. The van der Waals surface area contributed by atoms with E-state index in [-0.39, 0.29) is 30.3 Å². The van der Waals surface area contributed by atoms with E-state index in [1.54, 1.807) is 12.1 Å². The highest BCUT2D eigenvalue weighted by Gasteiger charge is 2.28. The van der Waals surface area contributed by atoms with E-state index in [4.69, 9.17) is 13.7 Å². The second kappa shape index (κ2) is 29.3. The number of unbranched alkanes of at least 4 members (excludes halogenated alkanes) is 19. The first kappa shape index (κ1) is 50.2. The molecule has 0 spiro atoms. The van der Waals surface area contributed by atoms with Gasteiger partial charge in [-0.15, -0.1) is 0 Å². The van der Waals surface area contributed by atoms with Crippen LogP contribution in [0, 0.1) is 10.1 Å². The van der Waals surface area contributed by atoms with Crippen LogP contribution in [-0.4, -0.2) is 95.2 Å². The van der Waals surface area contributed by atoms with E-state index in [2.05, 4.69) is 27.9 Å². The van der Waals surface area contributed by atoms with Crippen molar-refractivity contribution < 1.29 is 42.4 Å². The third-order valence-electron chi connectivity index (χ3n) is 9.99. The predicted molar refractivity (Wildman–Crippen MR) is 226 cm³/mol. The standard InChI is InChI=1S/C41H73N6O9P/c1-5-6-7-8-9-10-11-12-13-15-18-21-24-27-38(48)36(34-55-57(52,53)54-33-32-47(2,3)4)43-39(49)28-25-22-19-16-14-17-20-23-26-31-42-35-29-30-37(46(50)51)41-40(35)44-56-45-41/h24,27,29-30,36,38,48H,5-23,25-26,28,31-34H2,1-4H3,(H2-,42,43,45,49,52,53)/p+1/b27-24+. The number of quaternary nitrogens is 1. The predicted octanol–water partition coefficient (Wildman–Crippen LogP) is 9.39. The zero-order valence-corrected chi connectivity index (χ0v) is 36.2. The number of benzene rings is 1. The van der Waals surface area contributed by atoms with Gasteiger partial charge in [0.05, 0.1) is 50.5 Å². The van der Waals surface area contributed by atoms with Crippen LogP contribution in [0.2, 0.25) is 0 Å². The summed E-state index contributed by atoms with van der Waals surface area (Å²) in [6, 6.07) is 2.14. The molecule has 15 nitrogen and oxygen atoms in total. The molecule has 3 unspecified atom stereocenters. The molecule has 2 rings (SSSR count). The van der Waals surface area contributed by atoms with Gasteiger partial charge < -0.3 is 25.1 Å². The number of nitrogens with zero attached hydrogens (tertiary/aromatic N) is 4. The largest absolute Gasteiger partial charge is 0.472 e. The van der Waals surface area contributed by atoms with Crippen LogP contribution in [0.1, 0.15) is 148 Å². The van der Waals surface area contributed by atoms with Gasteiger partial charge in [-0.25, -0.2) is 9.19 Å². The number of fused-ring (bicyclic) bond motifs is 1. The van der Waals surface area contributed by atoms with Crippen molar-refractivity contribution in [3.63, 3.8) is 0 Å². The maximum absolute atomic E-state index is 12.9. The zero-order valence-electron chi connectivity index (χ0n) is 35.3. The van der Waals surface area contributed by atoms with Crippen LogP contribution < -0.4 is 10.6 Å². The minimum atomic E-state index is -4.37. The molecule has 3 atom stereocenters. The number of nitro benzene ring substituents is 1. The van der Waals surface area contributed by atoms with Crippen molar-refractivity contribution in [2.45, 2.75) is 160 Å². The molecular weight excluding hydrogens is 751 g/mol. The number of hydrogen-bond acceptors (Lipinski definition) is 11. The SMILES string of the molecule is CCCCCCCCCCCCC/C=C/C(O)C(COP(=O)(O)OCC[N+](C)(C)C)NC(=O)CCCCCCCCCCCNc1ccc([N+](=O)[O-])c2nonc12. The van der Waals surface area contributed by atoms with Crippen LogP contribution in [0.25, 0.3) is 11.0 Å². The molecule has 0 radical (unpaired) electrons. The molecule has 0 bridgehead atoms. The van der Waals surface area contributed by atoms with E-state index < -0.39 is 24.9 Å². The number of nitrogens with one attached hydrogen (secondary N) is 2. The Balaban J connectivity index is 1.64. The number of phosphoric acid groups is 1. The van der Waals surface area contributed by atoms with Crippen molar-refractivity contribution >= 4 is 36.1 Å². The van der Waals surface area contributed by atoms with Gasteiger partial charge in [0, 0.05) is 19.0 Å². The topological polar surface area (TPSA) is 199 Å². The smallest absolute Gasteiger partial charge is 0.387 e.